The van der Waals surface area contributed by atoms with Gasteiger partial charge >= 0.3 is 6.18 Å². The number of nitrogens with one attached hydrogen (secondary N) is 1. The van der Waals surface area contributed by atoms with Gasteiger partial charge in [-0.1, -0.05) is 23.9 Å². The van der Waals surface area contributed by atoms with Crippen molar-refractivity contribution in [2.24, 2.45) is 17.6 Å². The van der Waals surface area contributed by atoms with Crippen LogP contribution in [0.25, 0.3) is 5.70 Å². The summed E-state index contributed by atoms with van der Waals surface area (Å²) >= 11 is 5.67. The van der Waals surface area contributed by atoms with E-state index in [1.165, 1.54) is 17.5 Å². The van der Waals surface area contributed by atoms with Crippen molar-refractivity contribution in [1.82, 2.24) is 19.7 Å². The van der Waals surface area contributed by atoms with Crippen molar-refractivity contribution >= 4 is 30.1 Å². The summed E-state index contributed by atoms with van der Waals surface area (Å²) in [7, 11) is 1.85. The van der Waals surface area contributed by atoms with Gasteiger partial charge in [-0.25, -0.2) is 5.53 Å². The zero-order chi connectivity index (χ0) is 22.9. The number of alkyl halides is 3. The molecule has 0 bridgehead atoms. The molecule has 0 unspecified atom stereocenters. The fourth-order valence-electron chi connectivity index (χ4n) is 4.60. The van der Waals surface area contributed by atoms with E-state index < -0.39 is 11.7 Å². The highest BCUT2D eigenvalue weighted by Gasteiger charge is 2.57. The molecule has 2 heterocycles. The van der Waals surface area contributed by atoms with Gasteiger partial charge in [0, 0.05) is 19.3 Å². The predicted molar refractivity (Wildman–Crippen MR) is 121 cm³/mol. The topological polar surface area (TPSA) is 70.2 Å². The first kappa shape index (κ1) is 23.3. The number of thiol groups is 1. The first-order chi connectivity index (χ1) is 15.3. The molecule has 1 spiro atoms. The molecule has 0 amide bonds. The van der Waals surface area contributed by atoms with E-state index in [2.05, 4.69) is 32.8 Å². The van der Waals surface area contributed by atoms with Crippen LogP contribution >= 0.6 is 24.4 Å². The Labute approximate surface area is 194 Å². The van der Waals surface area contributed by atoms with Crippen LogP contribution in [0.5, 0.6) is 0 Å². The maximum atomic E-state index is 12.8. The normalized spacial score (nSPS) is 23.8. The molecule has 1 aromatic carbocycles. The molecule has 0 radical (unpaired) electrons. The van der Waals surface area contributed by atoms with Crippen LogP contribution < -0.4 is 0 Å². The van der Waals surface area contributed by atoms with E-state index in [4.69, 9.17) is 5.53 Å². The molecule has 1 aromatic heterocycles. The average molecular weight is 483 g/mol. The molecule has 172 valence electrons. The zero-order valence-electron chi connectivity index (χ0n) is 17.6. The van der Waals surface area contributed by atoms with E-state index in [1.54, 1.807) is 23.9 Å². The molecule has 1 aliphatic heterocycles. The summed E-state index contributed by atoms with van der Waals surface area (Å²) in [5, 5.41) is 13.9. The van der Waals surface area contributed by atoms with Crippen LogP contribution in [0.2, 0.25) is 0 Å². The second-order valence-corrected chi connectivity index (χ2v) is 9.78. The van der Waals surface area contributed by atoms with E-state index in [9.17, 15) is 13.2 Å². The van der Waals surface area contributed by atoms with Crippen molar-refractivity contribution in [2.75, 3.05) is 25.4 Å². The van der Waals surface area contributed by atoms with Crippen LogP contribution in [0.1, 0.15) is 42.1 Å². The Kier molecular flexibility index (Phi) is 6.69. The third-order valence-electron chi connectivity index (χ3n) is 6.45. The standard InChI is InChI=1S/C21H25F3N6S2/c1-29-18(17(12-31)26-25)27-28-19(29)32-10-2-8-30-9-7-20(13-30)11-16(20)14-3-5-15(6-4-14)21(22,23)24/h3-6,12,16,25,31H,2,7-11,13H2,1H3/b17-12-,26-25?/t16-,20-/m0/s1. The molecule has 1 aliphatic carbocycles. The molecule has 4 rings (SSSR count). The number of rotatable bonds is 8. The van der Waals surface area contributed by atoms with Gasteiger partial charge in [-0.15, -0.1) is 22.8 Å². The molecule has 1 saturated carbocycles. The summed E-state index contributed by atoms with van der Waals surface area (Å²) < 4.78 is 40.2. The number of aromatic nitrogens is 3. The van der Waals surface area contributed by atoms with E-state index in [0.717, 1.165) is 55.4 Å². The molecule has 11 heteroatoms. The quantitative estimate of drug-likeness (QED) is 0.227. The number of hydrogen-bond acceptors (Lipinski definition) is 7. The Bertz CT molecular complexity index is 1000. The van der Waals surface area contributed by atoms with Gasteiger partial charge in [0.1, 0.15) is 5.70 Å². The van der Waals surface area contributed by atoms with Gasteiger partial charge < -0.3 is 9.47 Å². The SMILES string of the molecule is Cn1c(SCCCN2CC[C@]3(C[C@H]3c3ccc(C(F)(F)F)cc3)C2)nnc1/C(=C/S)N=N. The maximum absolute atomic E-state index is 12.8. The van der Waals surface area contributed by atoms with Crippen molar-refractivity contribution in [3.05, 3.63) is 46.6 Å². The lowest BCUT2D eigenvalue weighted by Gasteiger charge is -2.16. The first-order valence-corrected chi connectivity index (χ1v) is 11.9. The highest BCUT2D eigenvalue weighted by Crippen LogP contribution is 2.64. The van der Waals surface area contributed by atoms with E-state index in [0.29, 0.717) is 17.4 Å². The Balaban J connectivity index is 1.23. The number of hydrogen-bond donors (Lipinski definition) is 2. The number of nitrogens with zero attached hydrogens (tertiary/aromatic N) is 5. The van der Waals surface area contributed by atoms with Gasteiger partial charge in [0.2, 0.25) is 0 Å². The van der Waals surface area contributed by atoms with Crippen LogP contribution in [0, 0.1) is 10.9 Å². The highest BCUT2D eigenvalue weighted by molar-refractivity contribution is 7.99. The molecule has 2 aromatic rings. The third kappa shape index (κ3) is 4.74. The van der Waals surface area contributed by atoms with E-state index in [1.807, 2.05) is 11.6 Å². The van der Waals surface area contributed by atoms with Crippen molar-refractivity contribution in [3.8, 4) is 0 Å². The third-order valence-corrected chi connectivity index (χ3v) is 7.80. The van der Waals surface area contributed by atoms with Crippen molar-refractivity contribution in [3.63, 3.8) is 0 Å². The molecule has 2 aliphatic rings. The Morgan fingerprint density at radius 3 is 2.75 bits per heavy atom. The van der Waals surface area contributed by atoms with Crippen LogP contribution in [-0.2, 0) is 13.2 Å². The minimum Gasteiger partial charge on any atom is -0.304 e. The highest BCUT2D eigenvalue weighted by atomic mass is 32.2. The largest absolute Gasteiger partial charge is 0.416 e. The average Bonchev–Trinajstić information content (AvgIpc) is 3.12. The number of halogens is 3. The molecule has 2 atom stereocenters. The molecule has 1 saturated heterocycles. The van der Waals surface area contributed by atoms with Crippen LogP contribution in [0.4, 0.5) is 13.2 Å². The summed E-state index contributed by atoms with van der Waals surface area (Å²) in [6.07, 6.45) is -1.11. The van der Waals surface area contributed by atoms with Crippen molar-refractivity contribution in [2.45, 2.75) is 36.5 Å². The second kappa shape index (κ2) is 9.18. The number of benzene rings is 1. The van der Waals surface area contributed by atoms with Gasteiger partial charge in [0.05, 0.1) is 5.56 Å². The minimum absolute atomic E-state index is 0.237. The lowest BCUT2D eigenvalue weighted by Crippen LogP contribution is -2.23. The number of thioether (sulfide) groups is 1. The van der Waals surface area contributed by atoms with Gasteiger partial charge in [0.15, 0.2) is 11.0 Å². The summed E-state index contributed by atoms with van der Waals surface area (Å²) in [6, 6.07) is 5.71. The van der Waals surface area contributed by atoms with Gasteiger partial charge in [-0.05, 0) is 66.8 Å². The molecule has 6 nitrogen and oxygen atoms in total. The fourth-order valence-corrected chi connectivity index (χ4v) is 5.61. The number of likely N-dealkylation sites (tertiary alicyclic amines) is 1. The van der Waals surface area contributed by atoms with Crippen LogP contribution in [0.3, 0.4) is 0 Å². The monoisotopic (exact) mass is 482 g/mol. The maximum Gasteiger partial charge on any atom is 0.416 e. The Morgan fingerprint density at radius 1 is 1.34 bits per heavy atom. The predicted octanol–water partition coefficient (Wildman–Crippen LogP) is 5.45. The zero-order valence-corrected chi connectivity index (χ0v) is 19.4. The molecular formula is C21H25F3N6S2. The summed E-state index contributed by atoms with van der Waals surface area (Å²) in [5.41, 5.74) is 8.23. The van der Waals surface area contributed by atoms with Gasteiger partial charge in [-0.3, -0.25) is 0 Å². The van der Waals surface area contributed by atoms with Crippen molar-refractivity contribution < 1.29 is 13.2 Å². The minimum atomic E-state index is -4.28. The smallest absolute Gasteiger partial charge is 0.304 e. The van der Waals surface area contributed by atoms with Crippen molar-refractivity contribution in [1.29, 1.82) is 5.53 Å². The van der Waals surface area contributed by atoms with E-state index in [-0.39, 0.29) is 5.41 Å². The summed E-state index contributed by atoms with van der Waals surface area (Å²) in [5.74, 6) is 1.79. The molecular weight excluding hydrogens is 457 g/mol. The Hall–Kier alpha value is -1.85. The van der Waals surface area contributed by atoms with Crippen LogP contribution in [-0.4, -0.2) is 45.1 Å². The first-order valence-electron chi connectivity index (χ1n) is 10.4. The summed E-state index contributed by atoms with van der Waals surface area (Å²) in [4.78, 5) is 2.47. The van der Waals surface area contributed by atoms with E-state index >= 15 is 0 Å². The lowest BCUT2D eigenvalue weighted by atomic mass is 9.97. The Morgan fingerprint density at radius 2 is 2.09 bits per heavy atom. The lowest BCUT2D eigenvalue weighted by molar-refractivity contribution is -0.137. The molecule has 32 heavy (non-hydrogen) atoms. The van der Waals surface area contributed by atoms with Crippen LogP contribution in [0.15, 0.2) is 39.9 Å². The summed E-state index contributed by atoms with van der Waals surface area (Å²) in [6.45, 7) is 3.04. The second-order valence-electron chi connectivity index (χ2n) is 8.46. The molecule has 2 fully saturated rings. The van der Waals surface area contributed by atoms with Gasteiger partial charge in [0.25, 0.3) is 0 Å². The molecule has 1 N–H and O–H groups in total. The fraction of sp³-hybridized carbons (Fsp3) is 0.524. The van der Waals surface area contributed by atoms with Gasteiger partial charge in [-0.2, -0.15) is 18.3 Å².